The van der Waals surface area contributed by atoms with Crippen LogP contribution in [0.25, 0.3) is 10.2 Å². The highest BCUT2D eigenvalue weighted by molar-refractivity contribution is 8.00. The van der Waals surface area contributed by atoms with Gasteiger partial charge in [0.15, 0.2) is 10.3 Å². The van der Waals surface area contributed by atoms with Crippen molar-refractivity contribution < 1.29 is 9.72 Å². The monoisotopic (exact) mass is 406 g/mol. The summed E-state index contributed by atoms with van der Waals surface area (Å²) < 4.78 is 0.599. The third-order valence-electron chi connectivity index (χ3n) is 3.47. The van der Waals surface area contributed by atoms with E-state index in [0.717, 1.165) is 29.2 Å². The number of hydrogen-bond acceptors (Lipinski definition) is 9. The van der Waals surface area contributed by atoms with Gasteiger partial charge in [-0.25, -0.2) is 9.97 Å². The number of anilines is 2. The van der Waals surface area contributed by atoms with Crippen molar-refractivity contribution in [3.8, 4) is 0 Å². The van der Waals surface area contributed by atoms with E-state index in [1.807, 2.05) is 6.92 Å². The molecule has 2 heterocycles. The van der Waals surface area contributed by atoms with E-state index in [1.54, 1.807) is 0 Å². The van der Waals surface area contributed by atoms with Gasteiger partial charge in [-0.2, -0.15) is 0 Å². The largest absolute Gasteiger partial charge is 0.383 e. The molecule has 0 radical (unpaired) electrons. The molecule has 27 heavy (non-hydrogen) atoms. The number of amides is 1. The summed E-state index contributed by atoms with van der Waals surface area (Å²) in [4.78, 5) is 45.2. The normalized spacial score (nSPS) is 12.0. The van der Waals surface area contributed by atoms with Gasteiger partial charge in [0.25, 0.3) is 11.2 Å². The lowest BCUT2D eigenvalue weighted by Gasteiger charge is -2.12. The molecular weight excluding hydrogens is 392 g/mol. The highest BCUT2D eigenvalue weighted by Crippen LogP contribution is 2.30. The zero-order chi connectivity index (χ0) is 19.6. The molecule has 0 spiro atoms. The summed E-state index contributed by atoms with van der Waals surface area (Å²) in [5.41, 5.74) is 5.68. The van der Waals surface area contributed by atoms with E-state index < -0.39 is 15.7 Å². The molecule has 12 heteroatoms. The summed E-state index contributed by atoms with van der Waals surface area (Å²) in [7, 11) is 0. The number of carbonyl (C=O) groups excluding carboxylic acids is 1. The number of aromatic nitrogens is 3. The summed E-state index contributed by atoms with van der Waals surface area (Å²) >= 11 is 2.23. The molecule has 2 aromatic heterocycles. The van der Waals surface area contributed by atoms with Crippen LogP contribution in [0.15, 0.2) is 34.2 Å². The van der Waals surface area contributed by atoms with E-state index in [0.29, 0.717) is 21.8 Å². The Kier molecular flexibility index (Phi) is 5.37. The van der Waals surface area contributed by atoms with E-state index in [1.165, 1.54) is 18.2 Å². The number of nitro benzene ring substituents is 1. The predicted octanol–water partition coefficient (Wildman–Crippen LogP) is 2.38. The predicted molar refractivity (Wildman–Crippen MR) is 104 cm³/mol. The summed E-state index contributed by atoms with van der Waals surface area (Å²) in [5.74, 6) is -0.245. The number of nitrogens with two attached hydrogens (primary N) is 1. The van der Waals surface area contributed by atoms with Crippen LogP contribution in [-0.2, 0) is 4.79 Å². The fraction of sp³-hybridized carbons (Fsp3) is 0.200. The molecule has 1 amide bonds. The van der Waals surface area contributed by atoms with E-state index in [9.17, 15) is 19.7 Å². The molecule has 1 atom stereocenters. The number of thiazole rings is 1. The summed E-state index contributed by atoms with van der Waals surface area (Å²) in [5, 5.41) is 13.6. The molecule has 0 aliphatic rings. The average Bonchev–Trinajstić information content (AvgIpc) is 2.99. The molecule has 0 aliphatic carbocycles. The Hall–Kier alpha value is -2.99. The van der Waals surface area contributed by atoms with E-state index in [2.05, 4.69) is 20.3 Å². The van der Waals surface area contributed by atoms with Crippen LogP contribution in [-0.4, -0.2) is 31.0 Å². The highest BCUT2D eigenvalue weighted by atomic mass is 32.2. The topological polar surface area (TPSA) is 157 Å². The van der Waals surface area contributed by atoms with Crippen LogP contribution in [0.3, 0.4) is 0 Å². The van der Waals surface area contributed by atoms with Crippen LogP contribution >= 0.6 is 23.1 Å². The van der Waals surface area contributed by atoms with Gasteiger partial charge < -0.3 is 16.0 Å². The summed E-state index contributed by atoms with van der Waals surface area (Å²) in [6.45, 7) is 1.82. The minimum absolute atomic E-state index is 0.0392. The lowest BCUT2D eigenvalue weighted by atomic mass is 10.3. The van der Waals surface area contributed by atoms with Crippen molar-refractivity contribution in [1.82, 2.24) is 15.0 Å². The highest BCUT2D eigenvalue weighted by Gasteiger charge is 2.21. The van der Waals surface area contributed by atoms with E-state index in [4.69, 9.17) is 5.73 Å². The third kappa shape index (κ3) is 4.41. The fourth-order valence-electron chi connectivity index (χ4n) is 2.23. The van der Waals surface area contributed by atoms with E-state index >= 15 is 0 Å². The Bertz CT molecular complexity index is 1080. The van der Waals surface area contributed by atoms with Gasteiger partial charge in [0.2, 0.25) is 5.91 Å². The van der Waals surface area contributed by atoms with Crippen LogP contribution < -0.4 is 16.6 Å². The zero-order valence-corrected chi connectivity index (χ0v) is 15.6. The van der Waals surface area contributed by atoms with Crippen LogP contribution in [0.1, 0.15) is 13.3 Å². The Balaban J connectivity index is 1.77. The molecule has 0 saturated heterocycles. The first kappa shape index (κ1) is 18.8. The van der Waals surface area contributed by atoms with Gasteiger partial charge >= 0.3 is 0 Å². The molecule has 1 aromatic carbocycles. The number of nitrogens with one attached hydrogen (secondary N) is 2. The summed E-state index contributed by atoms with van der Waals surface area (Å²) in [6, 6.07) is 5.47. The molecule has 0 fully saturated rings. The van der Waals surface area contributed by atoms with Gasteiger partial charge in [0.05, 0.1) is 20.4 Å². The molecule has 3 aromatic rings. The number of hydrogen-bond donors (Lipinski definition) is 3. The standard InChI is InChI=1S/C15H14N6O4S2/c1-2-9(26-15-18-11(16)6-12(22)19-15)13(23)20-14-17-8-4-3-7(21(24)25)5-10(8)27-14/h3-6,9H,2H2,1H3,(H,17,20,23)(H3,16,18,19,22)/t9-/m1/s1. The Morgan fingerprint density at radius 1 is 1.44 bits per heavy atom. The average molecular weight is 406 g/mol. The fourth-order valence-corrected chi connectivity index (χ4v) is 4.05. The van der Waals surface area contributed by atoms with Gasteiger partial charge in [0, 0.05) is 18.2 Å². The molecule has 0 saturated carbocycles. The lowest BCUT2D eigenvalue weighted by Crippen LogP contribution is -2.25. The first-order valence-electron chi connectivity index (χ1n) is 7.75. The molecule has 4 N–H and O–H groups in total. The van der Waals surface area contributed by atoms with Crippen LogP contribution in [0.5, 0.6) is 0 Å². The van der Waals surface area contributed by atoms with Crippen molar-refractivity contribution in [3.05, 3.63) is 44.7 Å². The number of benzene rings is 1. The maximum absolute atomic E-state index is 12.5. The smallest absolute Gasteiger partial charge is 0.270 e. The molecule has 0 aliphatic heterocycles. The van der Waals surface area contributed by atoms with Crippen molar-refractivity contribution in [2.75, 3.05) is 11.1 Å². The number of H-pyrrole nitrogens is 1. The number of aromatic amines is 1. The number of nitro groups is 1. The van der Waals surface area contributed by atoms with Crippen LogP contribution in [0, 0.1) is 10.1 Å². The van der Waals surface area contributed by atoms with Crippen molar-refractivity contribution in [3.63, 3.8) is 0 Å². The first-order valence-corrected chi connectivity index (χ1v) is 9.44. The van der Waals surface area contributed by atoms with Gasteiger partial charge in [-0.1, -0.05) is 30.0 Å². The molecule has 3 rings (SSSR count). The number of non-ortho nitro benzene ring substituents is 1. The molecule has 140 valence electrons. The summed E-state index contributed by atoms with van der Waals surface area (Å²) in [6.07, 6.45) is 0.478. The first-order chi connectivity index (χ1) is 12.9. The van der Waals surface area contributed by atoms with Gasteiger partial charge in [0.1, 0.15) is 5.82 Å². The maximum atomic E-state index is 12.5. The number of nitrogens with zero attached hydrogens (tertiary/aromatic N) is 3. The molecule has 10 nitrogen and oxygen atoms in total. The van der Waals surface area contributed by atoms with Gasteiger partial charge in [-0.3, -0.25) is 19.7 Å². The minimum atomic E-state index is -0.531. The second-order valence-corrected chi connectivity index (χ2v) is 7.63. The second kappa shape index (κ2) is 7.72. The molecular formula is C15H14N6O4S2. The van der Waals surface area contributed by atoms with Crippen molar-refractivity contribution in [2.24, 2.45) is 0 Å². The second-order valence-electron chi connectivity index (χ2n) is 5.41. The number of nitrogen functional groups attached to an aromatic ring is 1. The maximum Gasteiger partial charge on any atom is 0.270 e. The Morgan fingerprint density at radius 3 is 2.89 bits per heavy atom. The SMILES string of the molecule is CC[C@@H](Sc1nc(N)cc(=O)[nH]1)C(=O)Nc1nc2ccc([N+](=O)[O-])cc2s1. The van der Waals surface area contributed by atoms with Crippen molar-refractivity contribution in [1.29, 1.82) is 0 Å². The minimum Gasteiger partial charge on any atom is -0.383 e. The van der Waals surface area contributed by atoms with Crippen LogP contribution in [0.4, 0.5) is 16.6 Å². The Morgan fingerprint density at radius 2 is 2.22 bits per heavy atom. The molecule has 0 bridgehead atoms. The number of rotatable bonds is 6. The van der Waals surface area contributed by atoms with Gasteiger partial charge in [-0.05, 0) is 12.5 Å². The van der Waals surface area contributed by atoms with Crippen molar-refractivity contribution >= 4 is 55.9 Å². The van der Waals surface area contributed by atoms with Crippen LogP contribution in [0.2, 0.25) is 0 Å². The number of thioether (sulfide) groups is 1. The molecule has 0 unspecified atom stereocenters. The quantitative estimate of drug-likeness (QED) is 0.244. The van der Waals surface area contributed by atoms with Crippen molar-refractivity contribution in [2.45, 2.75) is 23.8 Å². The van der Waals surface area contributed by atoms with Gasteiger partial charge in [-0.15, -0.1) is 0 Å². The lowest BCUT2D eigenvalue weighted by molar-refractivity contribution is -0.384. The number of carbonyl (C=O) groups is 1. The number of fused-ring (bicyclic) bond motifs is 1. The zero-order valence-electron chi connectivity index (χ0n) is 14.0. The third-order valence-corrected chi connectivity index (χ3v) is 5.65. The van der Waals surface area contributed by atoms with E-state index in [-0.39, 0.29) is 22.6 Å². The Labute approximate surface area is 160 Å².